The van der Waals surface area contributed by atoms with Gasteiger partial charge in [-0.1, -0.05) is 24.8 Å². The van der Waals surface area contributed by atoms with E-state index in [9.17, 15) is 4.79 Å². The molecule has 9 nitrogen and oxygen atoms in total. The fraction of sp³-hybridized carbons (Fsp3) is 0.615. The van der Waals surface area contributed by atoms with Crippen LogP contribution in [0.3, 0.4) is 0 Å². The van der Waals surface area contributed by atoms with Crippen molar-refractivity contribution in [1.29, 1.82) is 0 Å². The number of hydrogen-bond donors (Lipinski definition) is 2. The van der Waals surface area contributed by atoms with E-state index in [2.05, 4.69) is 50.8 Å². The molecule has 3 aliphatic rings. The Labute approximate surface area is 222 Å². The zero-order valence-corrected chi connectivity index (χ0v) is 22.5. The Kier molecular flexibility index (Phi) is 7.71. The van der Waals surface area contributed by atoms with Crippen LogP contribution >= 0.6 is 11.8 Å². The minimum Gasteiger partial charge on any atom is -0.368 e. The molecule has 5 heterocycles. The Morgan fingerprint density at radius 3 is 2.59 bits per heavy atom. The molecule has 0 aromatic carbocycles. The Morgan fingerprint density at radius 2 is 1.92 bits per heavy atom. The lowest BCUT2D eigenvalue weighted by molar-refractivity contribution is -0.149. The summed E-state index contributed by atoms with van der Waals surface area (Å²) in [7, 11) is 0. The summed E-state index contributed by atoms with van der Waals surface area (Å²) in [4.78, 5) is 30.1. The zero-order valence-electron chi connectivity index (χ0n) is 21.7. The number of halogens is 1. The van der Waals surface area contributed by atoms with Gasteiger partial charge in [0.05, 0.1) is 0 Å². The number of piperidine rings is 2. The number of fused-ring (bicyclic) bond motifs is 1. The molecular weight excluding hydrogens is 491 g/mol. The van der Waals surface area contributed by atoms with Crippen LogP contribution in [0.25, 0.3) is 6.08 Å². The third-order valence-electron chi connectivity index (χ3n) is 7.53. The lowest BCUT2D eigenvalue weighted by Crippen LogP contribution is -2.54. The van der Waals surface area contributed by atoms with Gasteiger partial charge in [0.1, 0.15) is 11.5 Å². The van der Waals surface area contributed by atoms with Crippen LogP contribution in [-0.4, -0.2) is 78.9 Å². The molecule has 2 aromatic rings. The lowest BCUT2D eigenvalue weighted by Gasteiger charge is -2.41. The van der Waals surface area contributed by atoms with E-state index in [0.29, 0.717) is 32.7 Å². The van der Waals surface area contributed by atoms with E-state index in [1.165, 1.54) is 0 Å². The van der Waals surface area contributed by atoms with Gasteiger partial charge in [0, 0.05) is 81.4 Å². The van der Waals surface area contributed by atoms with Crippen LogP contribution in [0.5, 0.6) is 0 Å². The number of rotatable bonds is 7. The smallest absolute Gasteiger partial charge is 0.260 e. The van der Waals surface area contributed by atoms with Gasteiger partial charge in [-0.2, -0.15) is 0 Å². The molecule has 11 heteroatoms. The van der Waals surface area contributed by atoms with Crippen molar-refractivity contribution in [1.82, 2.24) is 29.3 Å². The number of hydrogen-bond acceptors (Lipinski definition) is 8. The average molecular weight is 529 g/mol. The maximum Gasteiger partial charge on any atom is 0.260 e. The van der Waals surface area contributed by atoms with Gasteiger partial charge >= 0.3 is 0 Å². The molecule has 3 N–H and O–H groups in total. The number of nitrogens with two attached hydrogens (primary N) is 1. The predicted octanol–water partition coefficient (Wildman–Crippen LogP) is 3.75. The minimum atomic E-state index is -1.79. The number of carbonyl (C=O) groups excluding carboxylic acids is 1. The van der Waals surface area contributed by atoms with E-state index in [-0.39, 0.29) is 36.8 Å². The Hall–Kier alpha value is -2.66. The first-order valence-electron chi connectivity index (χ1n) is 13.3. The van der Waals surface area contributed by atoms with Crippen molar-refractivity contribution in [3.63, 3.8) is 0 Å². The highest BCUT2D eigenvalue weighted by molar-refractivity contribution is 7.99. The summed E-state index contributed by atoms with van der Waals surface area (Å²) in [5.41, 5.74) is 5.68. The van der Waals surface area contributed by atoms with Crippen molar-refractivity contribution in [2.24, 2.45) is 0 Å². The topological polar surface area (TPSA) is 105 Å². The molecule has 1 atom stereocenters. The molecule has 0 bridgehead atoms. The van der Waals surface area contributed by atoms with E-state index in [4.69, 9.17) is 10.7 Å². The summed E-state index contributed by atoms with van der Waals surface area (Å²) >= 11 is 1.78. The quantitative estimate of drug-likeness (QED) is 0.524. The molecule has 37 heavy (non-hydrogen) atoms. The highest BCUT2D eigenvalue weighted by Gasteiger charge is 2.45. The lowest BCUT2D eigenvalue weighted by atomic mass is 9.90. The highest BCUT2D eigenvalue weighted by atomic mass is 32.2. The number of nitrogens with zero attached hydrogens (tertiary/aromatic N) is 6. The third-order valence-corrected chi connectivity index (χ3v) is 8.69. The summed E-state index contributed by atoms with van der Waals surface area (Å²) in [6, 6.07) is 0.490. The van der Waals surface area contributed by atoms with Crippen molar-refractivity contribution < 1.29 is 9.18 Å². The van der Waals surface area contributed by atoms with E-state index in [1.807, 2.05) is 0 Å². The second-order valence-corrected chi connectivity index (χ2v) is 11.4. The van der Waals surface area contributed by atoms with Gasteiger partial charge in [-0.3, -0.25) is 9.69 Å². The van der Waals surface area contributed by atoms with Crippen molar-refractivity contribution in [3.05, 3.63) is 29.7 Å². The van der Waals surface area contributed by atoms with Crippen molar-refractivity contribution >= 4 is 35.5 Å². The van der Waals surface area contributed by atoms with E-state index >= 15 is 4.39 Å². The van der Waals surface area contributed by atoms with Crippen molar-refractivity contribution in [3.8, 4) is 0 Å². The number of thioether (sulfide) groups is 1. The van der Waals surface area contributed by atoms with Crippen molar-refractivity contribution in [2.75, 3.05) is 43.0 Å². The standard InChI is InChI=1S/C26H37FN8OS/c1-3-14-37-25-32-21-5-4-18(2)31-22(21)35(25)20-6-10-34(11-7-20)23(36)26(27)8-12-33(13-9-26)17-19-15-29-24(28)30-16-19/h4-5,15-16,18,20,31H,3,6-14,17H2,1-2H3,(H2,28,29,30). The van der Waals surface area contributed by atoms with Crippen LogP contribution in [0.1, 0.15) is 63.3 Å². The van der Waals surface area contributed by atoms with Gasteiger partial charge in [0.25, 0.3) is 5.91 Å². The largest absolute Gasteiger partial charge is 0.368 e. The second kappa shape index (κ2) is 11.0. The molecule has 0 saturated carbocycles. The normalized spacial score (nSPS) is 22.0. The number of imidazole rings is 1. The molecule has 0 aliphatic carbocycles. The van der Waals surface area contributed by atoms with Crippen LogP contribution in [-0.2, 0) is 11.3 Å². The van der Waals surface area contributed by atoms with Crippen LogP contribution in [0.2, 0.25) is 0 Å². The molecule has 2 aromatic heterocycles. The summed E-state index contributed by atoms with van der Waals surface area (Å²) in [6.07, 6.45) is 10.7. The Bertz CT molecular complexity index is 1120. The molecule has 2 fully saturated rings. The fourth-order valence-electron chi connectivity index (χ4n) is 5.42. The number of amides is 1. The molecule has 1 amide bonds. The number of nitrogens with one attached hydrogen (secondary N) is 1. The Morgan fingerprint density at radius 1 is 1.22 bits per heavy atom. The van der Waals surface area contributed by atoms with Crippen LogP contribution < -0.4 is 11.1 Å². The first-order valence-corrected chi connectivity index (χ1v) is 14.3. The first kappa shape index (κ1) is 26.0. The molecule has 1 unspecified atom stereocenters. The average Bonchev–Trinajstić information content (AvgIpc) is 3.27. The number of likely N-dealkylation sites (tertiary alicyclic amines) is 2. The minimum absolute atomic E-state index is 0.211. The van der Waals surface area contributed by atoms with Gasteiger partial charge < -0.3 is 20.5 Å². The predicted molar refractivity (Wildman–Crippen MR) is 145 cm³/mol. The number of aromatic nitrogens is 4. The summed E-state index contributed by atoms with van der Waals surface area (Å²) in [5, 5.41) is 4.61. The molecule has 0 spiro atoms. The summed E-state index contributed by atoms with van der Waals surface area (Å²) < 4.78 is 18.2. The number of anilines is 2. The van der Waals surface area contributed by atoms with Gasteiger partial charge in [-0.25, -0.2) is 19.3 Å². The SMILES string of the molecule is CCCSc1nc2c(n1C1CCN(C(=O)C3(F)CCN(Cc4cnc(N)nc4)CC3)CC1)NC(C)C=C2. The molecule has 5 rings (SSSR count). The van der Waals surface area contributed by atoms with Crippen LogP contribution in [0.4, 0.5) is 16.2 Å². The van der Waals surface area contributed by atoms with Gasteiger partial charge in [-0.05, 0) is 32.3 Å². The summed E-state index contributed by atoms with van der Waals surface area (Å²) in [6.45, 7) is 7.13. The van der Waals surface area contributed by atoms with Crippen molar-refractivity contribution in [2.45, 2.75) is 75.4 Å². The van der Waals surface area contributed by atoms with Crippen LogP contribution in [0.15, 0.2) is 23.6 Å². The Balaban J connectivity index is 1.19. The van der Waals surface area contributed by atoms with E-state index in [1.54, 1.807) is 29.1 Å². The van der Waals surface area contributed by atoms with Gasteiger partial charge in [0.15, 0.2) is 10.8 Å². The molecule has 3 aliphatic heterocycles. The zero-order chi connectivity index (χ0) is 26.0. The van der Waals surface area contributed by atoms with Gasteiger partial charge in [0.2, 0.25) is 5.95 Å². The highest BCUT2D eigenvalue weighted by Crippen LogP contribution is 2.38. The fourth-order valence-corrected chi connectivity index (χ4v) is 6.35. The summed E-state index contributed by atoms with van der Waals surface area (Å²) in [5.74, 6) is 1.98. The second-order valence-electron chi connectivity index (χ2n) is 10.4. The molecule has 2 saturated heterocycles. The number of alkyl halides is 1. The maximum absolute atomic E-state index is 15.9. The number of carbonyl (C=O) groups is 1. The van der Waals surface area contributed by atoms with Crippen LogP contribution in [0, 0.1) is 0 Å². The first-order chi connectivity index (χ1) is 17.9. The molecule has 200 valence electrons. The van der Waals surface area contributed by atoms with Gasteiger partial charge in [-0.15, -0.1) is 0 Å². The number of nitrogen functional groups attached to an aromatic ring is 1. The monoisotopic (exact) mass is 528 g/mol. The van der Waals surface area contributed by atoms with E-state index < -0.39 is 5.67 Å². The third kappa shape index (κ3) is 5.62. The van der Waals surface area contributed by atoms with E-state index in [0.717, 1.165) is 47.2 Å². The molecule has 0 radical (unpaired) electrons. The maximum atomic E-state index is 15.9. The molecular formula is C26H37FN8OS.